The van der Waals surface area contributed by atoms with Gasteiger partial charge >= 0.3 is 0 Å². The SMILES string of the molecule is COc1cc(C(=O)NC2CN3CCC2CC3)ccc1Nc1ncc2c(n1)N(c1ccccc1OC)CCC(=O)N2C. The smallest absolute Gasteiger partial charge is 0.251 e. The van der Waals surface area contributed by atoms with Crippen LogP contribution in [0.3, 0.4) is 0 Å². The lowest BCUT2D eigenvalue weighted by Gasteiger charge is -2.44. The second-order valence-corrected chi connectivity index (χ2v) is 10.7. The molecular formula is C30H35N7O4. The molecule has 7 rings (SSSR count). The Kier molecular flexibility index (Phi) is 7.36. The van der Waals surface area contributed by atoms with E-state index in [-0.39, 0.29) is 17.9 Å². The van der Waals surface area contributed by atoms with Crippen LogP contribution < -0.4 is 29.9 Å². The summed E-state index contributed by atoms with van der Waals surface area (Å²) >= 11 is 0. The van der Waals surface area contributed by atoms with E-state index in [2.05, 4.69) is 20.5 Å². The third kappa shape index (κ3) is 5.24. The first-order chi connectivity index (χ1) is 19.9. The molecule has 41 heavy (non-hydrogen) atoms. The Morgan fingerprint density at radius 1 is 1.00 bits per heavy atom. The van der Waals surface area contributed by atoms with Crippen molar-refractivity contribution in [3.05, 3.63) is 54.2 Å². The summed E-state index contributed by atoms with van der Waals surface area (Å²) < 4.78 is 11.3. The highest BCUT2D eigenvalue weighted by Crippen LogP contribution is 2.40. The molecule has 3 fully saturated rings. The minimum Gasteiger partial charge on any atom is -0.495 e. The second-order valence-electron chi connectivity index (χ2n) is 10.7. The normalized spacial score (nSPS) is 21.6. The van der Waals surface area contributed by atoms with Gasteiger partial charge in [0.05, 0.1) is 31.8 Å². The van der Waals surface area contributed by atoms with Gasteiger partial charge < -0.3 is 34.8 Å². The van der Waals surface area contributed by atoms with Crippen molar-refractivity contribution in [2.24, 2.45) is 5.92 Å². The van der Waals surface area contributed by atoms with Crippen LogP contribution in [0.1, 0.15) is 29.6 Å². The number of para-hydroxylation sites is 2. The zero-order valence-corrected chi connectivity index (χ0v) is 23.6. The summed E-state index contributed by atoms with van der Waals surface area (Å²) in [6, 6.07) is 13.1. The Morgan fingerprint density at radius 3 is 2.51 bits per heavy atom. The third-order valence-electron chi connectivity index (χ3n) is 8.35. The number of anilines is 5. The van der Waals surface area contributed by atoms with Gasteiger partial charge in [-0.3, -0.25) is 9.59 Å². The van der Waals surface area contributed by atoms with Gasteiger partial charge in [0.15, 0.2) is 5.82 Å². The largest absolute Gasteiger partial charge is 0.495 e. The number of aromatic nitrogens is 2. The molecule has 2 amide bonds. The van der Waals surface area contributed by atoms with Crippen molar-refractivity contribution in [3.63, 3.8) is 0 Å². The summed E-state index contributed by atoms with van der Waals surface area (Å²) in [6.07, 6.45) is 4.22. The van der Waals surface area contributed by atoms with Crippen LogP contribution in [0.4, 0.5) is 28.8 Å². The van der Waals surface area contributed by atoms with Crippen LogP contribution in [0.25, 0.3) is 0 Å². The number of fused-ring (bicyclic) bond motifs is 4. The van der Waals surface area contributed by atoms with Crippen molar-refractivity contribution in [1.29, 1.82) is 0 Å². The fourth-order valence-electron chi connectivity index (χ4n) is 6.00. The van der Waals surface area contributed by atoms with Crippen molar-refractivity contribution < 1.29 is 19.1 Å². The molecule has 214 valence electrons. The monoisotopic (exact) mass is 557 g/mol. The molecule has 2 aromatic carbocycles. The molecule has 11 heteroatoms. The first-order valence-electron chi connectivity index (χ1n) is 14.0. The molecule has 3 saturated heterocycles. The van der Waals surface area contributed by atoms with Crippen molar-refractivity contribution >= 4 is 40.6 Å². The molecule has 0 spiro atoms. The van der Waals surface area contributed by atoms with E-state index in [0.29, 0.717) is 59.1 Å². The fourth-order valence-corrected chi connectivity index (χ4v) is 6.00. The van der Waals surface area contributed by atoms with Crippen LogP contribution in [0.15, 0.2) is 48.7 Å². The third-order valence-corrected chi connectivity index (χ3v) is 8.35. The predicted octanol–water partition coefficient (Wildman–Crippen LogP) is 3.57. The number of carbonyl (C=O) groups excluding carboxylic acids is 2. The summed E-state index contributed by atoms with van der Waals surface area (Å²) in [4.78, 5) is 41.2. The maximum absolute atomic E-state index is 13.1. The molecule has 3 aromatic rings. The van der Waals surface area contributed by atoms with Crippen LogP contribution in [0.5, 0.6) is 11.5 Å². The van der Waals surface area contributed by atoms with Crippen LogP contribution in [-0.2, 0) is 4.79 Å². The van der Waals surface area contributed by atoms with E-state index >= 15 is 0 Å². The van der Waals surface area contributed by atoms with E-state index in [9.17, 15) is 9.59 Å². The lowest BCUT2D eigenvalue weighted by atomic mass is 9.84. The lowest BCUT2D eigenvalue weighted by molar-refractivity contribution is -0.118. The Hall–Kier alpha value is -4.38. The standard InChI is InChI=1S/C30H35N7O4/c1-35-24-17-31-30(34-28(24)37(15-12-27(35)38)23-6-4-5-7-25(23)40-2)33-21-9-8-20(16-26(21)41-3)29(39)32-22-18-36-13-10-19(22)11-14-36/h4-9,16-17,19,22H,10-15,18H2,1-3H3,(H,32,39)(H,31,33,34). The van der Waals surface area contributed by atoms with E-state index in [0.717, 1.165) is 38.2 Å². The number of piperidine rings is 3. The molecule has 0 aliphatic carbocycles. The molecule has 1 atom stereocenters. The van der Waals surface area contributed by atoms with Gasteiger partial charge in [0.1, 0.15) is 17.2 Å². The summed E-state index contributed by atoms with van der Waals surface area (Å²) in [7, 11) is 4.92. The van der Waals surface area contributed by atoms with Gasteiger partial charge in [0, 0.05) is 38.2 Å². The highest BCUT2D eigenvalue weighted by molar-refractivity contribution is 5.99. The van der Waals surface area contributed by atoms with E-state index in [1.165, 1.54) is 0 Å². The maximum atomic E-state index is 13.1. The summed E-state index contributed by atoms with van der Waals surface area (Å²) in [5.74, 6) is 2.50. The van der Waals surface area contributed by atoms with Gasteiger partial charge in [-0.2, -0.15) is 4.98 Å². The molecule has 1 unspecified atom stereocenters. The number of hydrogen-bond acceptors (Lipinski definition) is 9. The van der Waals surface area contributed by atoms with Gasteiger partial charge in [0.25, 0.3) is 5.91 Å². The Bertz CT molecular complexity index is 1460. The topological polar surface area (TPSA) is 112 Å². The van der Waals surface area contributed by atoms with Crippen LogP contribution in [-0.4, -0.2) is 80.2 Å². The number of nitrogens with zero attached hydrogens (tertiary/aromatic N) is 5. The maximum Gasteiger partial charge on any atom is 0.251 e. The molecule has 11 nitrogen and oxygen atoms in total. The van der Waals surface area contributed by atoms with E-state index in [4.69, 9.17) is 14.5 Å². The van der Waals surface area contributed by atoms with Gasteiger partial charge in [-0.05, 0) is 62.2 Å². The first-order valence-corrected chi connectivity index (χ1v) is 14.0. The zero-order chi connectivity index (χ0) is 28.5. The summed E-state index contributed by atoms with van der Waals surface area (Å²) in [6.45, 7) is 3.59. The average molecular weight is 558 g/mol. The van der Waals surface area contributed by atoms with Crippen LogP contribution >= 0.6 is 0 Å². The number of benzene rings is 2. The minimum atomic E-state index is -0.102. The molecule has 0 saturated carbocycles. The first kappa shape index (κ1) is 26.8. The Morgan fingerprint density at radius 2 is 1.78 bits per heavy atom. The zero-order valence-electron chi connectivity index (χ0n) is 23.6. The van der Waals surface area contributed by atoms with Crippen molar-refractivity contribution in [3.8, 4) is 11.5 Å². The highest BCUT2D eigenvalue weighted by atomic mass is 16.5. The average Bonchev–Trinajstić information content (AvgIpc) is 3.13. The van der Waals surface area contributed by atoms with Gasteiger partial charge in [0.2, 0.25) is 11.9 Å². The quantitative estimate of drug-likeness (QED) is 0.450. The predicted molar refractivity (Wildman–Crippen MR) is 157 cm³/mol. The molecule has 2 bridgehead atoms. The number of carbonyl (C=O) groups is 2. The molecule has 4 aliphatic rings. The van der Waals surface area contributed by atoms with Gasteiger partial charge in [-0.1, -0.05) is 12.1 Å². The van der Waals surface area contributed by atoms with Crippen LogP contribution in [0, 0.1) is 5.92 Å². The molecule has 2 N–H and O–H groups in total. The molecule has 1 aromatic heterocycles. The number of hydrogen-bond donors (Lipinski definition) is 2. The second kappa shape index (κ2) is 11.2. The number of methoxy groups -OCH3 is 2. The van der Waals surface area contributed by atoms with Crippen LogP contribution in [0.2, 0.25) is 0 Å². The van der Waals surface area contributed by atoms with E-state index in [1.54, 1.807) is 50.6 Å². The van der Waals surface area contributed by atoms with Crippen molar-refractivity contribution in [2.45, 2.75) is 25.3 Å². The molecule has 5 heterocycles. The molecule has 4 aliphatic heterocycles. The van der Waals surface area contributed by atoms with Crippen molar-refractivity contribution in [1.82, 2.24) is 20.2 Å². The van der Waals surface area contributed by atoms with Gasteiger partial charge in [-0.25, -0.2) is 4.98 Å². The molecular weight excluding hydrogens is 522 g/mol. The Labute approximate surface area is 239 Å². The summed E-state index contributed by atoms with van der Waals surface area (Å²) in [5, 5.41) is 6.48. The number of amides is 2. The lowest BCUT2D eigenvalue weighted by Crippen LogP contribution is -2.57. The minimum absolute atomic E-state index is 0.0262. The summed E-state index contributed by atoms with van der Waals surface area (Å²) in [5.41, 5.74) is 2.55. The number of ether oxygens (including phenoxy) is 2. The van der Waals surface area contributed by atoms with E-state index < -0.39 is 0 Å². The fraction of sp³-hybridized carbons (Fsp3) is 0.400. The number of nitrogens with one attached hydrogen (secondary N) is 2. The number of rotatable bonds is 7. The van der Waals surface area contributed by atoms with Gasteiger partial charge in [-0.15, -0.1) is 0 Å². The molecule has 0 radical (unpaired) electrons. The highest BCUT2D eigenvalue weighted by Gasteiger charge is 2.35. The Balaban J connectivity index is 1.27. The van der Waals surface area contributed by atoms with Crippen molar-refractivity contribution in [2.75, 3.05) is 62.6 Å². The van der Waals surface area contributed by atoms with E-state index in [1.807, 2.05) is 29.2 Å².